The molecule has 0 radical (unpaired) electrons. The van der Waals surface area contributed by atoms with Gasteiger partial charge >= 0.3 is 0 Å². The molecule has 3 N–H and O–H groups in total. The van der Waals surface area contributed by atoms with Crippen LogP contribution < -0.4 is 10.5 Å². The number of hydrogen-bond donors (Lipinski definition) is 2. The lowest BCUT2D eigenvalue weighted by atomic mass is 9.93. The second-order valence-electron chi connectivity index (χ2n) is 5.89. The van der Waals surface area contributed by atoms with Gasteiger partial charge in [0.05, 0.1) is 9.82 Å². The number of hydrogen-bond acceptors (Lipinski definition) is 5. The summed E-state index contributed by atoms with van der Waals surface area (Å²) in [6, 6.07) is 2.64. The van der Waals surface area contributed by atoms with Crippen LogP contribution in [0.3, 0.4) is 0 Å². The van der Waals surface area contributed by atoms with Crippen molar-refractivity contribution in [3.63, 3.8) is 0 Å². The van der Waals surface area contributed by atoms with Crippen molar-refractivity contribution in [1.82, 2.24) is 4.72 Å². The van der Waals surface area contributed by atoms with Gasteiger partial charge in [0.1, 0.15) is 0 Å². The standard InChI is InChI=1S/C14H21N3O4S/c1-9-7-10(2)14(8-13(9)17(18)19)22(20,21)16-12-5-3-11(15)4-6-12/h7-8,11-12,16H,3-6,15H2,1-2H3. The molecule has 2 rings (SSSR count). The van der Waals surface area contributed by atoms with Crippen molar-refractivity contribution in [2.75, 3.05) is 0 Å². The van der Waals surface area contributed by atoms with Crippen LogP contribution in [0.1, 0.15) is 36.8 Å². The Morgan fingerprint density at radius 2 is 1.77 bits per heavy atom. The number of sulfonamides is 1. The number of nitro benzene ring substituents is 1. The summed E-state index contributed by atoms with van der Waals surface area (Å²) >= 11 is 0. The number of nitro groups is 1. The van der Waals surface area contributed by atoms with E-state index in [0.717, 1.165) is 18.9 Å². The molecule has 1 aromatic carbocycles. The molecule has 0 aliphatic heterocycles. The van der Waals surface area contributed by atoms with Gasteiger partial charge in [-0.3, -0.25) is 10.1 Å². The summed E-state index contributed by atoms with van der Waals surface area (Å²) in [4.78, 5) is 10.4. The molecule has 22 heavy (non-hydrogen) atoms. The largest absolute Gasteiger partial charge is 0.328 e. The highest BCUT2D eigenvalue weighted by Gasteiger charge is 2.27. The topological polar surface area (TPSA) is 115 Å². The first-order chi connectivity index (χ1) is 10.2. The van der Waals surface area contributed by atoms with Gasteiger partial charge in [-0.1, -0.05) is 0 Å². The molecule has 0 atom stereocenters. The van der Waals surface area contributed by atoms with Crippen LogP contribution in [0.2, 0.25) is 0 Å². The first kappa shape index (κ1) is 16.9. The molecule has 0 aromatic heterocycles. The normalized spacial score (nSPS) is 22.5. The molecule has 1 fully saturated rings. The number of nitrogens with one attached hydrogen (secondary N) is 1. The van der Waals surface area contributed by atoms with Gasteiger partial charge in [0.25, 0.3) is 5.69 Å². The Labute approximate surface area is 130 Å². The molecular formula is C14H21N3O4S. The maximum atomic E-state index is 12.5. The van der Waals surface area contributed by atoms with Crippen LogP contribution in [-0.4, -0.2) is 25.4 Å². The molecule has 1 saturated carbocycles. The van der Waals surface area contributed by atoms with Crippen LogP contribution in [0.25, 0.3) is 0 Å². The average Bonchev–Trinajstić information content (AvgIpc) is 2.40. The SMILES string of the molecule is Cc1cc(C)c(S(=O)(=O)NC2CCC(N)CC2)cc1[N+](=O)[O-]. The Morgan fingerprint density at radius 3 is 2.32 bits per heavy atom. The lowest BCUT2D eigenvalue weighted by Crippen LogP contribution is -2.40. The van der Waals surface area contributed by atoms with Crippen molar-refractivity contribution < 1.29 is 13.3 Å². The fourth-order valence-electron chi connectivity index (χ4n) is 2.83. The first-order valence-corrected chi connectivity index (χ1v) is 8.72. The van der Waals surface area contributed by atoms with E-state index < -0.39 is 14.9 Å². The predicted octanol–water partition coefficient (Wildman–Crippen LogP) is 1.76. The van der Waals surface area contributed by atoms with Gasteiger partial charge in [-0.15, -0.1) is 0 Å². The van der Waals surface area contributed by atoms with E-state index in [2.05, 4.69) is 4.72 Å². The second kappa shape index (κ2) is 6.31. The minimum Gasteiger partial charge on any atom is -0.328 e. The Hall–Kier alpha value is -1.51. The van der Waals surface area contributed by atoms with E-state index in [0.29, 0.717) is 24.0 Å². The lowest BCUT2D eigenvalue weighted by Gasteiger charge is -2.26. The number of rotatable bonds is 4. The Kier molecular flexibility index (Phi) is 4.84. The first-order valence-electron chi connectivity index (χ1n) is 7.24. The van der Waals surface area contributed by atoms with Crippen LogP contribution >= 0.6 is 0 Å². The number of benzene rings is 1. The number of nitrogens with zero attached hydrogens (tertiary/aromatic N) is 1. The molecule has 0 bridgehead atoms. The van der Waals surface area contributed by atoms with Crippen molar-refractivity contribution in [2.45, 2.75) is 56.5 Å². The van der Waals surface area contributed by atoms with Gasteiger partial charge in [0.2, 0.25) is 10.0 Å². The van der Waals surface area contributed by atoms with Crippen LogP contribution in [0.5, 0.6) is 0 Å². The minimum atomic E-state index is -3.78. The Balaban J connectivity index is 2.29. The van der Waals surface area contributed by atoms with Crippen molar-refractivity contribution in [3.8, 4) is 0 Å². The molecule has 1 aliphatic rings. The summed E-state index contributed by atoms with van der Waals surface area (Å²) in [7, 11) is -3.78. The summed E-state index contributed by atoms with van der Waals surface area (Å²) < 4.78 is 27.7. The molecule has 0 heterocycles. The molecular weight excluding hydrogens is 306 g/mol. The predicted molar refractivity (Wildman–Crippen MR) is 83.1 cm³/mol. The average molecular weight is 327 g/mol. The number of aryl methyl sites for hydroxylation is 2. The van der Waals surface area contributed by atoms with E-state index in [4.69, 9.17) is 5.73 Å². The van der Waals surface area contributed by atoms with Gasteiger partial charge in [-0.2, -0.15) is 0 Å². The number of nitrogens with two attached hydrogens (primary N) is 1. The molecule has 0 spiro atoms. The van der Waals surface area contributed by atoms with Crippen LogP contribution in [0, 0.1) is 24.0 Å². The van der Waals surface area contributed by atoms with Gasteiger partial charge < -0.3 is 5.73 Å². The zero-order valence-corrected chi connectivity index (χ0v) is 13.5. The smallest absolute Gasteiger partial charge is 0.273 e. The maximum Gasteiger partial charge on any atom is 0.273 e. The zero-order chi connectivity index (χ0) is 16.5. The van der Waals surface area contributed by atoms with E-state index >= 15 is 0 Å². The van der Waals surface area contributed by atoms with E-state index in [1.54, 1.807) is 13.8 Å². The summed E-state index contributed by atoms with van der Waals surface area (Å²) in [6.07, 6.45) is 2.93. The van der Waals surface area contributed by atoms with Gasteiger partial charge in [0, 0.05) is 23.7 Å². The maximum absolute atomic E-state index is 12.5. The molecule has 8 heteroatoms. The second-order valence-corrected chi connectivity index (χ2v) is 7.58. The Bertz CT molecular complexity index is 680. The highest BCUT2D eigenvalue weighted by molar-refractivity contribution is 7.89. The highest BCUT2D eigenvalue weighted by Crippen LogP contribution is 2.27. The van der Waals surface area contributed by atoms with E-state index in [9.17, 15) is 18.5 Å². The van der Waals surface area contributed by atoms with Crippen molar-refractivity contribution in [1.29, 1.82) is 0 Å². The zero-order valence-electron chi connectivity index (χ0n) is 12.7. The minimum absolute atomic E-state index is 0.0281. The van der Waals surface area contributed by atoms with Crippen molar-refractivity contribution in [3.05, 3.63) is 33.4 Å². The lowest BCUT2D eigenvalue weighted by molar-refractivity contribution is -0.385. The quantitative estimate of drug-likeness (QED) is 0.646. The van der Waals surface area contributed by atoms with Crippen LogP contribution in [0.4, 0.5) is 5.69 Å². The fourth-order valence-corrected chi connectivity index (χ4v) is 4.38. The summed E-state index contributed by atoms with van der Waals surface area (Å²) in [6.45, 7) is 3.24. The molecule has 122 valence electrons. The van der Waals surface area contributed by atoms with Crippen LogP contribution in [-0.2, 0) is 10.0 Å². The third-order valence-corrected chi connectivity index (χ3v) is 5.74. The summed E-state index contributed by atoms with van der Waals surface area (Å²) in [5.41, 5.74) is 6.58. The van der Waals surface area contributed by atoms with Gasteiger partial charge in [0.15, 0.2) is 0 Å². The monoisotopic (exact) mass is 327 g/mol. The third-order valence-electron chi connectivity index (χ3n) is 4.07. The van der Waals surface area contributed by atoms with Crippen molar-refractivity contribution >= 4 is 15.7 Å². The molecule has 0 unspecified atom stereocenters. The molecule has 0 saturated heterocycles. The van der Waals surface area contributed by atoms with Gasteiger partial charge in [-0.25, -0.2) is 13.1 Å². The summed E-state index contributed by atoms with van der Waals surface area (Å²) in [5.74, 6) is 0. The fraction of sp³-hybridized carbons (Fsp3) is 0.571. The highest BCUT2D eigenvalue weighted by atomic mass is 32.2. The Morgan fingerprint density at radius 1 is 1.18 bits per heavy atom. The third kappa shape index (κ3) is 3.63. The van der Waals surface area contributed by atoms with E-state index in [1.165, 1.54) is 6.07 Å². The van der Waals surface area contributed by atoms with Crippen LogP contribution in [0.15, 0.2) is 17.0 Å². The molecule has 1 aromatic rings. The van der Waals surface area contributed by atoms with Gasteiger partial charge in [-0.05, 0) is 51.2 Å². The molecule has 0 amide bonds. The molecule has 7 nitrogen and oxygen atoms in total. The van der Waals surface area contributed by atoms with E-state index in [-0.39, 0.29) is 22.7 Å². The molecule has 1 aliphatic carbocycles. The van der Waals surface area contributed by atoms with Crippen molar-refractivity contribution in [2.24, 2.45) is 5.73 Å². The summed E-state index contributed by atoms with van der Waals surface area (Å²) in [5, 5.41) is 11.0. The van der Waals surface area contributed by atoms with E-state index in [1.807, 2.05) is 0 Å².